The second-order valence-electron chi connectivity index (χ2n) is 6.08. The van der Waals surface area contributed by atoms with Crippen molar-refractivity contribution in [2.75, 3.05) is 19.8 Å². The number of fused-ring (bicyclic) bond motifs is 3. The first-order valence-corrected chi connectivity index (χ1v) is 7.64. The van der Waals surface area contributed by atoms with Crippen LogP contribution < -0.4 is 9.47 Å². The van der Waals surface area contributed by atoms with Crippen molar-refractivity contribution in [3.8, 4) is 11.5 Å². The summed E-state index contributed by atoms with van der Waals surface area (Å²) < 4.78 is 11.1. The van der Waals surface area contributed by atoms with Gasteiger partial charge in [-0.05, 0) is 43.4 Å². The Labute approximate surface area is 119 Å². The molecule has 0 unspecified atom stereocenters. The number of benzene rings is 1. The van der Waals surface area contributed by atoms with Crippen LogP contribution in [-0.2, 0) is 0 Å². The van der Waals surface area contributed by atoms with Crippen molar-refractivity contribution in [1.29, 1.82) is 0 Å². The fourth-order valence-corrected chi connectivity index (χ4v) is 3.89. The molecule has 4 rings (SSSR count). The summed E-state index contributed by atoms with van der Waals surface area (Å²) >= 11 is 0. The van der Waals surface area contributed by atoms with Crippen molar-refractivity contribution in [3.05, 3.63) is 23.8 Å². The zero-order chi connectivity index (χ0) is 13.5. The van der Waals surface area contributed by atoms with Gasteiger partial charge in [-0.15, -0.1) is 0 Å². The molecular weight excluding hydrogens is 254 g/mol. The lowest BCUT2D eigenvalue weighted by Gasteiger charge is -2.26. The van der Waals surface area contributed by atoms with E-state index in [9.17, 15) is 5.11 Å². The zero-order valence-electron chi connectivity index (χ0n) is 11.6. The van der Waals surface area contributed by atoms with Gasteiger partial charge < -0.3 is 14.6 Å². The fraction of sp³-hybridized carbons (Fsp3) is 0.625. The average Bonchev–Trinajstić information content (AvgIpc) is 3.06. The molecule has 108 valence electrons. The summed E-state index contributed by atoms with van der Waals surface area (Å²) in [5, 5.41) is 10.5. The number of aliphatic hydroxyl groups is 1. The molecule has 0 aromatic heterocycles. The third kappa shape index (κ3) is 2.07. The van der Waals surface area contributed by atoms with Crippen LogP contribution in [0, 0.1) is 0 Å². The molecule has 4 heteroatoms. The maximum atomic E-state index is 10.5. The topological polar surface area (TPSA) is 41.9 Å². The maximum absolute atomic E-state index is 10.5. The Morgan fingerprint density at radius 1 is 1.05 bits per heavy atom. The minimum absolute atomic E-state index is 0.438. The van der Waals surface area contributed by atoms with Crippen LogP contribution in [0.1, 0.15) is 37.4 Å². The van der Waals surface area contributed by atoms with Crippen molar-refractivity contribution in [1.82, 2.24) is 4.90 Å². The summed E-state index contributed by atoms with van der Waals surface area (Å²) in [6, 6.07) is 7.19. The van der Waals surface area contributed by atoms with Gasteiger partial charge >= 0.3 is 0 Å². The number of rotatable bonds is 3. The van der Waals surface area contributed by atoms with Crippen LogP contribution >= 0.6 is 0 Å². The molecule has 0 saturated carbocycles. The van der Waals surface area contributed by atoms with E-state index >= 15 is 0 Å². The van der Waals surface area contributed by atoms with Crippen molar-refractivity contribution in [2.45, 2.75) is 43.9 Å². The largest absolute Gasteiger partial charge is 0.486 e. The lowest BCUT2D eigenvalue weighted by Crippen LogP contribution is -2.32. The van der Waals surface area contributed by atoms with E-state index in [1.807, 2.05) is 18.2 Å². The molecule has 0 spiro atoms. The molecule has 1 atom stereocenters. The van der Waals surface area contributed by atoms with Crippen LogP contribution in [0.25, 0.3) is 0 Å². The minimum atomic E-state index is -0.438. The minimum Gasteiger partial charge on any atom is -0.486 e. The van der Waals surface area contributed by atoms with E-state index in [1.54, 1.807) is 0 Å². The van der Waals surface area contributed by atoms with Gasteiger partial charge in [-0.3, -0.25) is 4.90 Å². The zero-order valence-corrected chi connectivity index (χ0v) is 11.6. The lowest BCUT2D eigenvalue weighted by molar-refractivity contribution is 0.103. The van der Waals surface area contributed by atoms with E-state index in [2.05, 4.69) is 4.90 Å². The monoisotopic (exact) mass is 275 g/mol. The van der Waals surface area contributed by atoms with Crippen molar-refractivity contribution in [3.63, 3.8) is 0 Å². The van der Waals surface area contributed by atoms with Gasteiger partial charge in [0.2, 0.25) is 0 Å². The highest BCUT2D eigenvalue weighted by Crippen LogP contribution is 2.39. The number of hydrogen-bond acceptors (Lipinski definition) is 4. The summed E-state index contributed by atoms with van der Waals surface area (Å²) in [5.41, 5.74) is 0.931. The molecule has 0 aliphatic carbocycles. The van der Waals surface area contributed by atoms with Crippen molar-refractivity contribution in [2.24, 2.45) is 0 Å². The molecule has 4 nitrogen and oxygen atoms in total. The Bertz CT molecular complexity index is 484. The number of hydrogen-bond donors (Lipinski definition) is 1. The highest BCUT2D eigenvalue weighted by molar-refractivity contribution is 5.44. The van der Waals surface area contributed by atoms with Gasteiger partial charge in [0, 0.05) is 18.6 Å². The molecule has 2 fully saturated rings. The van der Waals surface area contributed by atoms with Crippen LogP contribution in [0.4, 0.5) is 0 Å². The highest BCUT2D eigenvalue weighted by Gasteiger charge is 2.39. The van der Waals surface area contributed by atoms with Gasteiger partial charge in [-0.1, -0.05) is 6.07 Å². The molecule has 0 radical (unpaired) electrons. The summed E-state index contributed by atoms with van der Waals surface area (Å²) in [4.78, 5) is 2.50. The molecule has 1 N–H and O–H groups in total. The standard InChI is InChI=1S/C16H21NO3/c18-14(10-17-12-2-3-13(17)5-4-12)11-1-6-15-16(9-11)20-8-7-19-15/h1,6,9,12-14,18H,2-5,7-8,10H2/t12?,13?,14-/m0/s1. The van der Waals surface area contributed by atoms with Gasteiger partial charge in [-0.25, -0.2) is 0 Å². The molecule has 2 saturated heterocycles. The van der Waals surface area contributed by atoms with E-state index in [-0.39, 0.29) is 0 Å². The van der Waals surface area contributed by atoms with Gasteiger partial charge in [0.25, 0.3) is 0 Å². The van der Waals surface area contributed by atoms with Gasteiger partial charge in [-0.2, -0.15) is 0 Å². The molecule has 1 aromatic rings. The van der Waals surface area contributed by atoms with Crippen molar-refractivity contribution >= 4 is 0 Å². The first kappa shape index (κ1) is 12.5. The molecule has 2 bridgehead atoms. The molecule has 20 heavy (non-hydrogen) atoms. The second kappa shape index (κ2) is 4.93. The van der Waals surface area contributed by atoms with Crippen LogP contribution in [0.2, 0.25) is 0 Å². The summed E-state index contributed by atoms with van der Waals surface area (Å²) in [6.07, 6.45) is 4.78. The fourth-order valence-electron chi connectivity index (χ4n) is 3.89. The first-order valence-electron chi connectivity index (χ1n) is 7.64. The van der Waals surface area contributed by atoms with Gasteiger partial charge in [0.05, 0.1) is 6.10 Å². The quantitative estimate of drug-likeness (QED) is 0.917. The SMILES string of the molecule is O[C@@H](CN1C2CCC1CC2)c1ccc2c(c1)OCCO2. The predicted molar refractivity (Wildman–Crippen MR) is 75.1 cm³/mol. The number of nitrogens with zero attached hydrogens (tertiary/aromatic N) is 1. The van der Waals surface area contributed by atoms with E-state index in [0.717, 1.165) is 23.6 Å². The third-order valence-corrected chi connectivity index (χ3v) is 4.94. The average molecular weight is 275 g/mol. The van der Waals surface area contributed by atoms with Gasteiger partial charge in [0.15, 0.2) is 11.5 Å². The maximum Gasteiger partial charge on any atom is 0.161 e. The molecule has 3 aliphatic rings. The Morgan fingerprint density at radius 3 is 2.40 bits per heavy atom. The normalized spacial score (nSPS) is 29.6. The molecular formula is C16H21NO3. The van der Waals surface area contributed by atoms with Gasteiger partial charge in [0.1, 0.15) is 13.2 Å². The highest BCUT2D eigenvalue weighted by atomic mass is 16.6. The summed E-state index contributed by atoms with van der Waals surface area (Å²) in [5.74, 6) is 1.55. The van der Waals surface area contributed by atoms with Crippen LogP contribution in [0.3, 0.4) is 0 Å². The van der Waals surface area contributed by atoms with Crippen molar-refractivity contribution < 1.29 is 14.6 Å². The van der Waals surface area contributed by atoms with E-state index in [4.69, 9.17) is 9.47 Å². The Hall–Kier alpha value is -1.26. The molecule has 3 heterocycles. The Balaban J connectivity index is 1.49. The number of ether oxygens (including phenoxy) is 2. The van der Waals surface area contributed by atoms with Crippen LogP contribution in [0.15, 0.2) is 18.2 Å². The molecule has 1 aromatic carbocycles. The smallest absolute Gasteiger partial charge is 0.161 e. The Kier molecular flexibility index (Phi) is 3.08. The lowest BCUT2D eigenvalue weighted by atomic mass is 10.0. The summed E-state index contributed by atoms with van der Waals surface area (Å²) in [6.45, 7) is 1.93. The van der Waals surface area contributed by atoms with E-state index < -0.39 is 6.10 Å². The van der Waals surface area contributed by atoms with Crippen LogP contribution in [-0.4, -0.2) is 41.8 Å². The second-order valence-corrected chi connectivity index (χ2v) is 6.08. The first-order chi connectivity index (χ1) is 9.81. The Morgan fingerprint density at radius 2 is 1.70 bits per heavy atom. The number of aliphatic hydroxyl groups excluding tert-OH is 1. The summed E-state index contributed by atoms with van der Waals surface area (Å²) in [7, 11) is 0. The third-order valence-electron chi connectivity index (χ3n) is 4.94. The molecule has 3 aliphatic heterocycles. The van der Waals surface area contributed by atoms with E-state index in [1.165, 1.54) is 25.7 Å². The predicted octanol–water partition coefficient (Wildman–Crippen LogP) is 2.12. The van der Waals surface area contributed by atoms with E-state index in [0.29, 0.717) is 25.3 Å². The molecule has 0 amide bonds. The van der Waals surface area contributed by atoms with Crippen LogP contribution in [0.5, 0.6) is 11.5 Å².